The summed E-state index contributed by atoms with van der Waals surface area (Å²) in [5, 5.41) is 12.0. The lowest BCUT2D eigenvalue weighted by Gasteiger charge is -2.10. The van der Waals surface area contributed by atoms with Crippen molar-refractivity contribution in [2.24, 2.45) is 0 Å². The largest absolute Gasteiger partial charge is 0.395 e. The third-order valence-electron chi connectivity index (χ3n) is 1.91. The van der Waals surface area contributed by atoms with E-state index in [1.807, 2.05) is 19.1 Å². The number of aliphatic hydroxyl groups is 1. The van der Waals surface area contributed by atoms with Gasteiger partial charge in [0.2, 0.25) is 0 Å². The van der Waals surface area contributed by atoms with Crippen molar-refractivity contribution >= 4 is 31.9 Å². The molecule has 0 aliphatic heterocycles. The van der Waals surface area contributed by atoms with E-state index >= 15 is 0 Å². The average Bonchev–Trinajstić information content (AvgIpc) is 2.19. The first-order chi connectivity index (χ1) is 6.63. The van der Waals surface area contributed by atoms with E-state index in [9.17, 15) is 0 Å². The molecule has 0 saturated heterocycles. The molecule has 1 atom stereocenters. The van der Waals surface area contributed by atoms with Crippen molar-refractivity contribution in [3.8, 4) is 0 Å². The van der Waals surface area contributed by atoms with Crippen molar-refractivity contribution in [3.05, 3.63) is 32.7 Å². The van der Waals surface area contributed by atoms with Gasteiger partial charge in [0.05, 0.1) is 6.61 Å². The van der Waals surface area contributed by atoms with E-state index in [0.717, 1.165) is 15.5 Å². The maximum absolute atomic E-state index is 8.83. The van der Waals surface area contributed by atoms with E-state index in [1.165, 1.54) is 5.56 Å². The minimum Gasteiger partial charge on any atom is -0.395 e. The highest BCUT2D eigenvalue weighted by molar-refractivity contribution is 9.13. The van der Waals surface area contributed by atoms with Gasteiger partial charge in [0.1, 0.15) is 0 Å². The summed E-state index contributed by atoms with van der Waals surface area (Å²) in [6.45, 7) is 2.89. The molecule has 0 aliphatic carbocycles. The van der Waals surface area contributed by atoms with Crippen LogP contribution >= 0.6 is 31.9 Å². The van der Waals surface area contributed by atoms with Crippen molar-refractivity contribution in [2.45, 2.75) is 19.5 Å². The second-order valence-electron chi connectivity index (χ2n) is 3.21. The predicted octanol–water partition coefficient (Wildman–Crippen LogP) is 2.68. The molecule has 0 aliphatic rings. The fraction of sp³-hybridized carbons (Fsp3) is 0.400. The van der Waals surface area contributed by atoms with E-state index in [4.69, 9.17) is 5.11 Å². The van der Waals surface area contributed by atoms with Crippen LogP contribution in [0.1, 0.15) is 12.5 Å². The Kier molecular flexibility index (Phi) is 5.09. The van der Waals surface area contributed by atoms with Gasteiger partial charge in [-0.3, -0.25) is 0 Å². The number of aliphatic hydroxyl groups excluding tert-OH is 1. The van der Waals surface area contributed by atoms with Crippen molar-refractivity contribution in [2.75, 3.05) is 6.61 Å². The molecule has 0 unspecified atom stereocenters. The van der Waals surface area contributed by atoms with Gasteiger partial charge in [-0.25, -0.2) is 0 Å². The minimum absolute atomic E-state index is 0.137. The Morgan fingerprint density at radius 3 is 2.64 bits per heavy atom. The Bertz CT molecular complexity index is 304. The van der Waals surface area contributed by atoms with Crippen molar-refractivity contribution < 1.29 is 5.11 Å². The van der Waals surface area contributed by atoms with Gasteiger partial charge < -0.3 is 10.4 Å². The number of rotatable bonds is 4. The van der Waals surface area contributed by atoms with Crippen molar-refractivity contribution in [1.29, 1.82) is 0 Å². The normalized spacial score (nSPS) is 12.9. The lowest BCUT2D eigenvalue weighted by Crippen LogP contribution is -2.28. The standard InChI is InChI=1S/C10H13Br2NO/c1-7(6-14)13-5-8-2-3-9(11)10(12)4-8/h2-4,7,13-14H,5-6H2,1H3/t7-/m0/s1. The second kappa shape index (κ2) is 5.85. The van der Waals surface area contributed by atoms with Crippen LogP contribution in [-0.2, 0) is 6.54 Å². The predicted molar refractivity (Wildman–Crippen MR) is 65.2 cm³/mol. The van der Waals surface area contributed by atoms with Gasteiger partial charge in [-0.1, -0.05) is 6.07 Å². The molecular formula is C10H13Br2NO. The SMILES string of the molecule is C[C@@H](CO)NCc1ccc(Br)c(Br)c1. The summed E-state index contributed by atoms with van der Waals surface area (Å²) in [5.41, 5.74) is 1.19. The van der Waals surface area contributed by atoms with Crippen LogP contribution in [0.2, 0.25) is 0 Å². The van der Waals surface area contributed by atoms with E-state index in [-0.39, 0.29) is 12.6 Å². The first kappa shape index (κ1) is 12.2. The fourth-order valence-electron chi connectivity index (χ4n) is 1.01. The molecule has 14 heavy (non-hydrogen) atoms. The molecule has 0 heterocycles. The average molecular weight is 323 g/mol. The first-order valence-corrected chi connectivity index (χ1v) is 6.00. The molecule has 78 valence electrons. The van der Waals surface area contributed by atoms with Gasteiger partial charge in [-0.05, 0) is 56.5 Å². The summed E-state index contributed by atoms with van der Waals surface area (Å²) in [4.78, 5) is 0. The first-order valence-electron chi connectivity index (χ1n) is 4.41. The van der Waals surface area contributed by atoms with E-state index in [0.29, 0.717) is 0 Å². The van der Waals surface area contributed by atoms with E-state index < -0.39 is 0 Å². The molecular weight excluding hydrogens is 310 g/mol. The molecule has 4 heteroatoms. The molecule has 2 nitrogen and oxygen atoms in total. The zero-order chi connectivity index (χ0) is 10.6. The maximum Gasteiger partial charge on any atom is 0.0582 e. The summed E-state index contributed by atoms with van der Waals surface area (Å²) < 4.78 is 2.10. The summed E-state index contributed by atoms with van der Waals surface area (Å²) in [6, 6.07) is 6.25. The Hall–Kier alpha value is 0.1000. The molecule has 0 amide bonds. The monoisotopic (exact) mass is 321 g/mol. The van der Waals surface area contributed by atoms with Crippen LogP contribution in [0.25, 0.3) is 0 Å². The van der Waals surface area contributed by atoms with Crippen molar-refractivity contribution in [3.63, 3.8) is 0 Å². The molecule has 0 radical (unpaired) electrons. The quantitative estimate of drug-likeness (QED) is 0.893. The minimum atomic E-state index is 0.137. The molecule has 0 spiro atoms. The lowest BCUT2D eigenvalue weighted by molar-refractivity contribution is 0.251. The smallest absolute Gasteiger partial charge is 0.0582 e. The molecule has 1 rings (SSSR count). The summed E-state index contributed by atoms with van der Waals surface area (Å²) in [7, 11) is 0. The Morgan fingerprint density at radius 2 is 2.07 bits per heavy atom. The third kappa shape index (κ3) is 3.69. The van der Waals surface area contributed by atoms with Crippen LogP contribution in [0.15, 0.2) is 27.1 Å². The van der Waals surface area contributed by atoms with Crippen LogP contribution < -0.4 is 5.32 Å². The van der Waals surface area contributed by atoms with E-state index in [2.05, 4.69) is 43.2 Å². The zero-order valence-corrected chi connectivity index (χ0v) is 11.1. The number of nitrogens with one attached hydrogen (secondary N) is 1. The third-order valence-corrected chi connectivity index (χ3v) is 3.79. The number of hydrogen-bond acceptors (Lipinski definition) is 2. The molecule has 1 aromatic carbocycles. The number of benzene rings is 1. The van der Waals surface area contributed by atoms with Gasteiger partial charge in [-0.15, -0.1) is 0 Å². The summed E-state index contributed by atoms with van der Waals surface area (Å²) in [5.74, 6) is 0. The molecule has 0 saturated carbocycles. The molecule has 0 fully saturated rings. The fourth-order valence-corrected chi connectivity index (χ4v) is 1.68. The lowest BCUT2D eigenvalue weighted by atomic mass is 10.2. The highest BCUT2D eigenvalue weighted by atomic mass is 79.9. The van der Waals surface area contributed by atoms with E-state index in [1.54, 1.807) is 0 Å². The van der Waals surface area contributed by atoms with Crippen LogP contribution in [0.3, 0.4) is 0 Å². The van der Waals surface area contributed by atoms with Crippen LogP contribution in [0, 0.1) is 0 Å². The summed E-state index contributed by atoms with van der Waals surface area (Å²) >= 11 is 6.86. The molecule has 1 aromatic rings. The highest BCUT2D eigenvalue weighted by Gasteiger charge is 2.01. The van der Waals surface area contributed by atoms with Gasteiger partial charge in [0.25, 0.3) is 0 Å². The van der Waals surface area contributed by atoms with Crippen LogP contribution in [-0.4, -0.2) is 17.8 Å². The maximum atomic E-state index is 8.83. The zero-order valence-electron chi connectivity index (χ0n) is 7.93. The molecule has 0 aromatic heterocycles. The van der Waals surface area contributed by atoms with Crippen LogP contribution in [0.4, 0.5) is 0 Å². The second-order valence-corrected chi connectivity index (χ2v) is 4.92. The van der Waals surface area contributed by atoms with Gasteiger partial charge in [-0.2, -0.15) is 0 Å². The Morgan fingerprint density at radius 1 is 1.36 bits per heavy atom. The van der Waals surface area contributed by atoms with Gasteiger partial charge >= 0.3 is 0 Å². The van der Waals surface area contributed by atoms with Gasteiger partial charge in [0.15, 0.2) is 0 Å². The Labute approximate surface area is 101 Å². The Balaban J connectivity index is 2.55. The number of halogens is 2. The number of hydrogen-bond donors (Lipinski definition) is 2. The highest BCUT2D eigenvalue weighted by Crippen LogP contribution is 2.23. The molecule has 2 N–H and O–H groups in total. The topological polar surface area (TPSA) is 32.3 Å². The van der Waals surface area contributed by atoms with Crippen molar-refractivity contribution in [1.82, 2.24) is 5.32 Å². The van der Waals surface area contributed by atoms with Gasteiger partial charge in [0, 0.05) is 21.5 Å². The summed E-state index contributed by atoms with van der Waals surface area (Å²) in [6.07, 6.45) is 0. The van der Waals surface area contributed by atoms with Crippen LogP contribution in [0.5, 0.6) is 0 Å². The molecule has 0 bridgehead atoms.